The van der Waals surface area contributed by atoms with E-state index in [0.717, 1.165) is 11.8 Å². The second-order valence-electron chi connectivity index (χ2n) is 2.51. The molecule has 0 aliphatic heterocycles. The zero-order chi connectivity index (χ0) is 9.52. The molecule has 0 aromatic heterocycles. The van der Waals surface area contributed by atoms with Crippen LogP contribution in [0.4, 0.5) is 0 Å². The molecular formula is C11H12O2. The number of hydrogen-bond acceptors (Lipinski definition) is 2. The quantitative estimate of drug-likeness (QED) is 0.399. The predicted octanol–water partition coefficient (Wildman–Crippen LogP) is 2.26. The fourth-order valence-corrected chi connectivity index (χ4v) is 0.990. The highest BCUT2D eigenvalue weighted by molar-refractivity contribution is 5.78. The Kier molecular flexibility index (Phi) is 3.76. The number of benzene rings is 1. The second-order valence-corrected chi connectivity index (χ2v) is 2.51. The molecule has 0 spiro atoms. The lowest BCUT2D eigenvalue weighted by Gasteiger charge is -2.00. The minimum Gasteiger partial charge on any atom is -0.490 e. The molecule has 0 aliphatic carbocycles. The van der Waals surface area contributed by atoms with E-state index in [1.807, 2.05) is 37.3 Å². The lowest BCUT2D eigenvalue weighted by molar-refractivity contribution is -0.107. The molecule has 0 bridgehead atoms. The van der Waals surface area contributed by atoms with Crippen molar-refractivity contribution in [2.75, 3.05) is 6.61 Å². The molecule has 0 heterocycles. The van der Waals surface area contributed by atoms with Gasteiger partial charge in [-0.25, -0.2) is 0 Å². The van der Waals surface area contributed by atoms with Crippen LogP contribution in [0.1, 0.15) is 12.5 Å². The first-order valence-electron chi connectivity index (χ1n) is 4.21. The van der Waals surface area contributed by atoms with Crippen molar-refractivity contribution in [2.24, 2.45) is 0 Å². The predicted molar refractivity (Wildman–Crippen MR) is 52.1 cm³/mol. The van der Waals surface area contributed by atoms with Gasteiger partial charge in [-0.05, 0) is 18.6 Å². The van der Waals surface area contributed by atoms with Crippen molar-refractivity contribution in [3.05, 3.63) is 41.7 Å². The van der Waals surface area contributed by atoms with Crippen molar-refractivity contribution in [3.8, 4) is 0 Å². The number of aldehydes is 1. The van der Waals surface area contributed by atoms with Crippen molar-refractivity contribution < 1.29 is 9.53 Å². The molecule has 13 heavy (non-hydrogen) atoms. The van der Waals surface area contributed by atoms with Gasteiger partial charge in [-0.15, -0.1) is 0 Å². The Morgan fingerprint density at radius 1 is 1.38 bits per heavy atom. The molecule has 0 saturated heterocycles. The zero-order valence-electron chi connectivity index (χ0n) is 7.57. The third-order valence-electron chi connectivity index (χ3n) is 1.54. The van der Waals surface area contributed by atoms with Crippen LogP contribution in [0.25, 0.3) is 6.08 Å². The fourth-order valence-electron chi connectivity index (χ4n) is 0.990. The summed E-state index contributed by atoms with van der Waals surface area (Å²) in [6.07, 6.45) is 2.44. The summed E-state index contributed by atoms with van der Waals surface area (Å²) in [4.78, 5) is 10.5. The molecular weight excluding hydrogens is 164 g/mol. The van der Waals surface area contributed by atoms with E-state index >= 15 is 0 Å². The molecule has 1 rings (SSSR count). The van der Waals surface area contributed by atoms with Crippen molar-refractivity contribution in [1.29, 1.82) is 0 Å². The monoisotopic (exact) mass is 176 g/mol. The largest absolute Gasteiger partial charge is 0.490 e. The van der Waals surface area contributed by atoms with E-state index in [0.29, 0.717) is 12.4 Å². The van der Waals surface area contributed by atoms with Crippen LogP contribution in [0.5, 0.6) is 0 Å². The SMILES string of the molecule is CCOC(C=O)=Cc1ccccc1. The van der Waals surface area contributed by atoms with E-state index in [1.54, 1.807) is 6.08 Å². The van der Waals surface area contributed by atoms with Gasteiger partial charge in [-0.1, -0.05) is 30.3 Å². The van der Waals surface area contributed by atoms with Crippen LogP contribution < -0.4 is 0 Å². The summed E-state index contributed by atoms with van der Waals surface area (Å²) in [5.74, 6) is 0.369. The Morgan fingerprint density at radius 2 is 2.08 bits per heavy atom. The highest BCUT2D eigenvalue weighted by Gasteiger charge is 1.93. The third kappa shape index (κ3) is 3.11. The summed E-state index contributed by atoms with van der Waals surface area (Å²) in [6.45, 7) is 2.36. The number of rotatable bonds is 4. The van der Waals surface area contributed by atoms with Gasteiger partial charge in [0, 0.05) is 0 Å². The zero-order valence-corrected chi connectivity index (χ0v) is 7.57. The summed E-state index contributed by atoms with van der Waals surface area (Å²) >= 11 is 0. The molecule has 0 amide bonds. The molecule has 0 N–H and O–H groups in total. The molecule has 0 atom stereocenters. The molecule has 2 nitrogen and oxygen atoms in total. The minimum absolute atomic E-state index is 0.369. The van der Waals surface area contributed by atoms with Gasteiger partial charge in [0.2, 0.25) is 0 Å². The maximum absolute atomic E-state index is 10.5. The van der Waals surface area contributed by atoms with E-state index in [2.05, 4.69) is 0 Å². The van der Waals surface area contributed by atoms with Crippen LogP contribution in [0, 0.1) is 0 Å². The average Bonchev–Trinajstić information content (AvgIpc) is 2.19. The molecule has 0 aliphatic rings. The van der Waals surface area contributed by atoms with Crippen LogP contribution in [0.2, 0.25) is 0 Å². The van der Waals surface area contributed by atoms with Crippen molar-refractivity contribution in [1.82, 2.24) is 0 Å². The highest BCUT2D eigenvalue weighted by atomic mass is 16.5. The van der Waals surface area contributed by atoms with Crippen LogP contribution in [0.15, 0.2) is 36.1 Å². The lowest BCUT2D eigenvalue weighted by Crippen LogP contribution is -1.92. The van der Waals surface area contributed by atoms with E-state index in [9.17, 15) is 4.79 Å². The van der Waals surface area contributed by atoms with Crippen LogP contribution >= 0.6 is 0 Å². The normalized spacial score (nSPS) is 11.0. The van der Waals surface area contributed by atoms with E-state index < -0.39 is 0 Å². The minimum atomic E-state index is 0.369. The summed E-state index contributed by atoms with van der Waals surface area (Å²) in [5, 5.41) is 0. The Bertz CT molecular complexity index is 288. The Balaban J connectivity index is 2.79. The number of ether oxygens (including phenoxy) is 1. The van der Waals surface area contributed by atoms with Gasteiger partial charge in [0.1, 0.15) is 0 Å². The van der Waals surface area contributed by atoms with Crippen LogP contribution in [0.3, 0.4) is 0 Å². The third-order valence-corrected chi connectivity index (χ3v) is 1.54. The molecule has 1 aromatic carbocycles. The summed E-state index contributed by atoms with van der Waals surface area (Å²) in [6, 6.07) is 9.60. The first-order valence-corrected chi connectivity index (χ1v) is 4.21. The maximum atomic E-state index is 10.5. The molecule has 68 valence electrons. The standard InChI is InChI=1S/C11H12O2/c1-2-13-11(9-12)8-10-6-4-3-5-7-10/h3-9H,2H2,1H3. The Hall–Kier alpha value is -1.57. The number of carbonyl (C=O) groups excluding carboxylic acids is 1. The van der Waals surface area contributed by atoms with Gasteiger partial charge >= 0.3 is 0 Å². The van der Waals surface area contributed by atoms with E-state index in [4.69, 9.17) is 4.74 Å². The number of hydrogen-bond donors (Lipinski definition) is 0. The second kappa shape index (κ2) is 5.14. The molecule has 0 radical (unpaired) electrons. The Morgan fingerprint density at radius 3 is 2.62 bits per heavy atom. The molecule has 0 unspecified atom stereocenters. The first-order chi connectivity index (χ1) is 6.36. The van der Waals surface area contributed by atoms with E-state index in [1.165, 1.54) is 0 Å². The van der Waals surface area contributed by atoms with Gasteiger partial charge in [0.15, 0.2) is 12.0 Å². The van der Waals surface area contributed by atoms with Crippen molar-refractivity contribution in [3.63, 3.8) is 0 Å². The van der Waals surface area contributed by atoms with Crippen LogP contribution in [-0.4, -0.2) is 12.9 Å². The van der Waals surface area contributed by atoms with E-state index in [-0.39, 0.29) is 0 Å². The van der Waals surface area contributed by atoms with Crippen LogP contribution in [-0.2, 0) is 9.53 Å². The van der Waals surface area contributed by atoms with Gasteiger partial charge in [-0.3, -0.25) is 4.79 Å². The molecule has 0 fully saturated rings. The van der Waals surface area contributed by atoms with Gasteiger partial charge in [0.05, 0.1) is 6.61 Å². The van der Waals surface area contributed by atoms with Gasteiger partial charge in [0.25, 0.3) is 0 Å². The summed E-state index contributed by atoms with van der Waals surface area (Å²) < 4.78 is 5.09. The summed E-state index contributed by atoms with van der Waals surface area (Å²) in [7, 11) is 0. The molecule has 1 aromatic rings. The fraction of sp³-hybridized carbons (Fsp3) is 0.182. The van der Waals surface area contributed by atoms with Crippen molar-refractivity contribution >= 4 is 12.4 Å². The smallest absolute Gasteiger partial charge is 0.184 e. The van der Waals surface area contributed by atoms with Gasteiger partial charge in [-0.2, -0.15) is 0 Å². The number of allylic oxidation sites excluding steroid dienone is 1. The average molecular weight is 176 g/mol. The lowest BCUT2D eigenvalue weighted by atomic mass is 10.2. The highest BCUT2D eigenvalue weighted by Crippen LogP contribution is 2.05. The molecule has 0 saturated carbocycles. The first kappa shape index (κ1) is 9.52. The molecule has 2 heteroatoms. The van der Waals surface area contributed by atoms with Gasteiger partial charge < -0.3 is 4.74 Å². The van der Waals surface area contributed by atoms with Crippen molar-refractivity contribution in [2.45, 2.75) is 6.92 Å². The summed E-state index contributed by atoms with van der Waals surface area (Å²) in [5.41, 5.74) is 0.970. The maximum Gasteiger partial charge on any atom is 0.184 e. The topological polar surface area (TPSA) is 26.3 Å². The Labute approximate surface area is 77.8 Å². The number of carbonyl (C=O) groups is 1.